The second-order valence-electron chi connectivity index (χ2n) is 3.78. The third-order valence-corrected chi connectivity index (χ3v) is 3.61. The van der Waals surface area contributed by atoms with E-state index in [-0.39, 0.29) is 11.9 Å². The molecule has 1 amide bonds. The first-order valence-corrected chi connectivity index (χ1v) is 6.66. The number of hydrogen-bond acceptors (Lipinski definition) is 5. The Morgan fingerprint density at radius 3 is 2.94 bits per heavy atom. The summed E-state index contributed by atoms with van der Waals surface area (Å²) in [5.74, 6) is 0.0691. The van der Waals surface area contributed by atoms with E-state index in [0.717, 1.165) is 0 Å². The van der Waals surface area contributed by atoms with Gasteiger partial charge in [-0.2, -0.15) is 0 Å². The first-order valence-electron chi connectivity index (χ1n) is 5.41. The first kappa shape index (κ1) is 12.6. The van der Waals surface area contributed by atoms with Crippen molar-refractivity contribution in [2.24, 2.45) is 0 Å². The molecule has 1 N–H and O–H groups in total. The van der Waals surface area contributed by atoms with E-state index in [1.165, 1.54) is 11.3 Å². The summed E-state index contributed by atoms with van der Waals surface area (Å²) in [6.07, 6.45) is 0. The molecular formula is C10H14ClN3O2S. The van der Waals surface area contributed by atoms with Gasteiger partial charge in [0, 0.05) is 18.5 Å². The molecule has 5 nitrogen and oxygen atoms in total. The quantitative estimate of drug-likeness (QED) is 0.907. The van der Waals surface area contributed by atoms with Crippen LogP contribution >= 0.6 is 22.9 Å². The maximum absolute atomic E-state index is 12.1. The van der Waals surface area contributed by atoms with Gasteiger partial charge in [-0.15, -0.1) is 11.3 Å². The van der Waals surface area contributed by atoms with E-state index < -0.39 is 0 Å². The molecule has 0 bridgehead atoms. The van der Waals surface area contributed by atoms with E-state index in [4.69, 9.17) is 16.3 Å². The van der Waals surface area contributed by atoms with Gasteiger partial charge in [0.05, 0.1) is 13.2 Å². The van der Waals surface area contributed by atoms with Crippen molar-refractivity contribution >= 4 is 34.0 Å². The average molecular weight is 276 g/mol. The molecule has 2 rings (SSSR count). The van der Waals surface area contributed by atoms with Crippen molar-refractivity contribution in [3.05, 3.63) is 10.5 Å². The Hall–Kier alpha value is -0.850. The number of carbonyl (C=O) groups is 1. The maximum Gasteiger partial charge on any atom is 0.244 e. The molecular weight excluding hydrogens is 262 g/mol. The van der Waals surface area contributed by atoms with E-state index in [0.29, 0.717) is 36.6 Å². The molecule has 1 aromatic rings. The van der Waals surface area contributed by atoms with Gasteiger partial charge in [0.15, 0.2) is 5.13 Å². The van der Waals surface area contributed by atoms with Crippen LogP contribution < -0.4 is 5.32 Å². The molecule has 1 fully saturated rings. The highest BCUT2D eigenvalue weighted by atomic mass is 35.5. The molecule has 1 saturated heterocycles. The van der Waals surface area contributed by atoms with Gasteiger partial charge in [-0.1, -0.05) is 11.6 Å². The minimum atomic E-state index is -0.296. The molecule has 7 heteroatoms. The van der Waals surface area contributed by atoms with Crippen molar-refractivity contribution in [1.82, 2.24) is 9.88 Å². The lowest BCUT2D eigenvalue weighted by atomic mass is 10.2. The molecule has 1 atom stereocenters. The lowest BCUT2D eigenvalue weighted by Gasteiger charge is -2.29. The molecule has 1 aromatic heterocycles. The highest BCUT2D eigenvalue weighted by Gasteiger charge is 2.22. The van der Waals surface area contributed by atoms with Gasteiger partial charge in [0.25, 0.3) is 0 Å². The summed E-state index contributed by atoms with van der Waals surface area (Å²) in [5.41, 5.74) is 0. The fourth-order valence-electron chi connectivity index (χ4n) is 1.62. The number of amides is 1. The number of rotatable bonds is 3. The van der Waals surface area contributed by atoms with Gasteiger partial charge in [-0.25, -0.2) is 4.98 Å². The Morgan fingerprint density at radius 2 is 2.35 bits per heavy atom. The number of aromatic nitrogens is 1. The van der Waals surface area contributed by atoms with Crippen LogP contribution in [-0.2, 0) is 9.53 Å². The minimum absolute atomic E-state index is 0.0691. The van der Waals surface area contributed by atoms with Gasteiger partial charge in [-0.3, -0.25) is 4.79 Å². The largest absolute Gasteiger partial charge is 0.378 e. The topological polar surface area (TPSA) is 54.5 Å². The summed E-state index contributed by atoms with van der Waals surface area (Å²) in [6.45, 7) is 4.36. The van der Waals surface area contributed by atoms with Crippen molar-refractivity contribution in [3.8, 4) is 0 Å². The van der Waals surface area contributed by atoms with Crippen LogP contribution in [0.2, 0.25) is 5.15 Å². The molecule has 0 radical (unpaired) electrons. The molecule has 17 heavy (non-hydrogen) atoms. The van der Waals surface area contributed by atoms with Crippen molar-refractivity contribution in [2.45, 2.75) is 13.0 Å². The number of halogens is 1. The molecule has 1 unspecified atom stereocenters. The normalized spacial score (nSPS) is 17.9. The van der Waals surface area contributed by atoms with Crippen LogP contribution in [0, 0.1) is 0 Å². The maximum atomic E-state index is 12.1. The van der Waals surface area contributed by atoms with Crippen molar-refractivity contribution < 1.29 is 9.53 Å². The van der Waals surface area contributed by atoms with Crippen molar-refractivity contribution in [1.29, 1.82) is 0 Å². The summed E-state index contributed by atoms with van der Waals surface area (Å²) in [4.78, 5) is 17.9. The van der Waals surface area contributed by atoms with Crippen molar-refractivity contribution in [3.63, 3.8) is 0 Å². The fourth-order valence-corrected chi connectivity index (χ4v) is 2.55. The standard InChI is InChI=1S/C10H14ClN3O2S/c1-7(12-10-13-8(11)6-17-10)9(15)14-2-4-16-5-3-14/h6-7H,2-5H2,1H3,(H,12,13). The van der Waals surface area contributed by atoms with Crippen LogP contribution in [0.15, 0.2) is 5.38 Å². The van der Waals surface area contributed by atoms with Gasteiger partial charge >= 0.3 is 0 Å². The fraction of sp³-hybridized carbons (Fsp3) is 0.600. The SMILES string of the molecule is CC(Nc1nc(Cl)cs1)C(=O)N1CCOCC1. The van der Waals surface area contributed by atoms with Gasteiger partial charge in [0.2, 0.25) is 5.91 Å². The van der Waals surface area contributed by atoms with Gasteiger partial charge in [-0.05, 0) is 6.92 Å². The van der Waals surface area contributed by atoms with E-state index >= 15 is 0 Å². The van der Waals surface area contributed by atoms with Crippen LogP contribution in [-0.4, -0.2) is 48.1 Å². The number of carbonyl (C=O) groups excluding carboxylic acids is 1. The number of thiazole rings is 1. The van der Waals surface area contributed by atoms with Crippen LogP contribution in [0.3, 0.4) is 0 Å². The lowest BCUT2D eigenvalue weighted by Crippen LogP contribution is -2.46. The zero-order valence-electron chi connectivity index (χ0n) is 9.48. The number of anilines is 1. The van der Waals surface area contributed by atoms with Crippen LogP contribution in [0.25, 0.3) is 0 Å². The predicted octanol–water partition coefficient (Wildman–Crippen LogP) is 1.46. The molecule has 0 aliphatic carbocycles. The van der Waals surface area contributed by atoms with E-state index in [1.807, 2.05) is 6.92 Å². The second-order valence-corrected chi connectivity index (χ2v) is 5.02. The Bertz CT molecular complexity index is 393. The third kappa shape index (κ3) is 3.31. The Labute approximate surface area is 109 Å². The van der Waals surface area contributed by atoms with E-state index in [2.05, 4.69) is 10.3 Å². The number of hydrogen-bond donors (Lipinski definition) is 1. The zero-order chi connectivity index (χ0) is 12.3. The third-order valence-electron chi connectivity index (χ3n) is 2.51. The lowest BCUT2D eigenvalue weighted by molar-refractivity contribution is -0.135. The zero-order valence-corrected chi connectivity index (χ0v) is 11.1. The summed E-state index contributed by atoms with van der Waals surface area (Å²) < 4.78 is 5.21. The first-order chi connectivity index (χ1) is 8.16. The molecule has 0 aromatic carbocycles. The summed E-state index contributed by atoms with van der Waals surface area (Å²) >= 11 is 7.11. The molecule has 94 valence electrons. The highest BCUT2D eigenvalue weighted by molar-refractivity contribution is 7.14. The number of nitrogens with zero attached hydrogens (tertiary/aromatic N) is 2. The van der Waals surface area contributed by atoms with Gasteiger partial charge < -0.3 is 15.0 Å². The average Bonchev–Trinajstić information content (AvgIpc) is 2.75. The van der Waals surface area contributed by atoms with Crippen molar-refractivity contribution in [2.75, 3.05) is 31.6 Å². The monoisotopic (exact) mass is 275 g/mol. The van der Waals surface area contributed by atoms with Crippen LogP contribution in [0.4, 0.5) is 5.13 Å². The Morgan fingerprint density at radius 1 is 1.65 bits per heavy atom. The summed E-state index contributed by atoms with van der Waals surface area (Å²) in [5, 5.41) is 5.90. The van der Waals surface area contributed by atoms with Crippen LogP contribution in [0.5, 0.6) is 0 Å². The van der Waals surface area contributed by atoms with E-state index in [1.54, 1.807) is 10.3 Å². The molecule has 0 spiro atoms. The molecule has 0 saturated carbocycles. The second kappa shape index (κ2) is 5.66. The molecule has 1 aliphatic rings. The van der Waals surface area contributed by atoms with Crippen LogP contribution in [0.1, 0.15) is 6.92 Å². The predicted molar refractivity (Wildman–Crippen MR) is 67.6 cm³/mol. The Kier molecular flexibility index (Phi) is 4.20. The summed E-state index contributed by atoms with van der Waals surface area (Å²) in [6, 6.07) is -0.296. The van der Waals surface area contributed by atoms with Gasteiger partial charge in [0.1, 0.15) is 11.2 Å². The smallest absolute Gasteiger partial charge is 0.244 e. The highest BCUT2D eigenvalue weighted by Crippen LogP contribution is 2.19. The number of ether oxygens (including phenoxy) is 1. The number of morpholine rings is 1. The number of nitrogens with one attached hydrogen (secondary N) is 1. The molecule has 1 aliphatic heterocycles. The minimum Gasteiger partial charge on any atom is -0.378 e. The Balaban J connectivity index is 1.90. The van der Waals surface area contributed by atoms with E-state index in [9.17, 15) is 4.79 Å². The summed E-state index contributed by atoms with van der Waals surface area (Å²) in [7, 11) is 0. The molecule has 2 heterocycles.